The summed E-state index contributed by atoms with van der Waals surface area (Å²) < 4.78 is 46.5. The molecule has 0 saturated carbocycles. The maximum absolute atomic E-state index is 13.7. The summed E-state index contributed by atoms with van der Waals surface area (Å²) >= 11 is 1.26. The van der Waals surface area contributed by atoms with Crippen LogP contribution >= 0.6 is 11.3 Å². The minimum atomic E-state index is -4.56. The normalized spacial score (nSPS) is 15.3. The number of hydrogen-bond donors (Lipinski definition) is 1. The van der Waals surface area contributed by atoms with Crippen molar-refractivity contribution in [2.45, 2.75) is 58.9 Å². The molecule has 198 valence electrons. The molecule has 0 radical (unpaired) electrons. The minimum absolute atomic E-state index is 0.204. The highest BCUT2D eigenvalue weighted by Crippen LogP contribution is 2.41. The molecule has 0 bridgehead atoms. The predicted octanol–water partition coefficient (Wildman–Crippen LogP) is 6.54. The lowest BCUT2D eigenvalue weighted by atomic mass is 9.95. The molecule has 1 fully saturated rings. The fraction of sp³-hybridized carbons (Fsp3) is 0.444. The van der Waals surface area contributed by atoms with Gasteiger partial charge in [-0.15, -0.1) is 10.2 Å². The lowest BCUT2D eigenvalue weighted by Crippen LogP contribution is -2.36. The molecule has 1 saturated heterocycles. The quantitative estimate of drug-likeness (QED) is 0.355. The van der Waals surface area contributed by atoms with E-state index in [2.05, 4.69) is 28.1 Å². The van der Waals surface area contributed by atoms with Gasteiger partial charge >= 0.3 is 12.1 Å². The molecule has 0 unspecified atom stereocenters. The lowest BCUT2D eigenvalue weighted by molar-refractivity contribution is -0.143. The SMILES string of the molecule is CCc1c(CN2CCC(C(=O)O)CC2)cccc1-c1nnc(-c2ccc(OC(C)C)c(C(F)(F)F)c2)s1. The number of aliphatic carboxylic acids is 1. The van der Waals surface area contributed by atoms with E-state index in [1.54, 1.807) is 19.9 Å². The number of nitrogens with zero attached hydrogens (tertiary/aromatic N) is 3. The standard InChI is InChI=1S/C27H30F3N3O3S/c1-4-20-19(15-33-12-10-17(11-13-33)26(34)35)6-5-7-21(20)25-32-31-24(37-25)18-8-9-23(36-16(2)3)22(14-18)27(28,29)30/h5-9,14,16-17H,4,10-13,15H2,1-3H3,(H,34,35). The number of ether oxygens (including phenoxy) is 1. The first-order valence-electron chi connectivity index (χ1n) is 12.3. The molecule has 0 atom stereocenters. The van der Waals surface area contributed by atoms with E-state index < -0.39 is 17.7 Å². The van der Waals surface area contributed by atoms with Crippen molar-refractivity contribution in [2.75, 3.05) is 13.1 Å². The molecule has 4 rings (SSSR count). The zero-order valence-corrected chi connectivity index (χ0v) is 21.8. The molecule has 0 aliphatic carbocycles. The molecule has 2 heterocycles. The Morgan fingerprint density at radius 1 is 1.16 bits per heavy atom. The van der Waals surface area contributed by atoms with E-state index in [0.29, 0.717) is 35.0 Å². The average Bonchev–Trinajstić information content (AvgIpc) is 3.33. The highest BCUT2D eigenvalue weighted by Gasteiger charge is 2.35. The number of benzene rings is 2. The van der Waals surface area contributed by atoms with Gasteiger partial charge in [0.1, 0.15) is 15.8 Å². The number of aromatic nitrogens is 2. The van der Waals surface area contributed by atoms with Crippen LogP contribution in [0.1, 0.15) is 50.3 Å². The Morgan fingerprint density at radius 3 is 2.49 bits per heavy atom. The molecule has 6 nitrogen and oxygen atoms in total. The highest BCUT2D eigenvalue weighted by atomic mass is 32.1. The van der Waals surface area contributed by atoms with Crippen LogP contribution in [0.4, 0.5) is 13.2 Å². The van der Waals surface area contributed by atoms with Crippen LogP contribution in [0, 0.1) is 5.92 Å². The van der Waals surface area contributed by atoms with Crippen LogP contribution in [0.15, 0.2) is 36.4 Å². The van der Waals surface area contributed by atoms with Crippen LogP contribution in [0.2, 0.25) is 0 Å². The number of alkyl halides is 3. The van der Waals surface area contributed by atoms with Gasteiger partial charge < -0.3 is 9.84 Å². The van der Waals surface area contributed by atoms with Crippen molar-refractivity contribution in [3.63, 3.8) is 0 Å². The molecule has 3 aromatic rings. The largest absolute Gasteiger partial charge is 0.490 e. The van der Waals surface area contributed by atoms with Gasteiger partial charge in [0, 0.05) is 17.7 Å². The summed E-state index contributed by atoms with van der Waals surface area (Å²) in [5.41, 5.74) is 2.67. The Morgan fingerprint density at radius 2 is 1.86 bits per heavy atom. The molecular weight excluding hydrogens is 503 g/mol. The molecule has 0 amide bonds. The van der Waals surface area contributed by atoms with Crippen LogP contribution in [0.5, 0.6) is 5.75 Å². The second kappa shape index (κ2) is 11.2. The monoisotopic (exact) mass is 533 g/mol. The first kappa shape index (κ1) is 27.1. The number of piperidine rings is 1. The first-order valence-corrected chi connectivity index (χ1v) is 13.2. The van der Waals surface area contributed by atoms with Crippen molar-refractivity contribution in [1.82, 2.24) is 15.1 Å². The van der Waals surface area contributed by atoms with Gasteiger partial charge in [0.15, 0.2) is 0 Å². The maximum atomic E-state index is 13.7. The molecule has 1 aromatic heterocycles. The predicted molar refractivity (Wildman–Crippen MR) is 137 cm³/mol. The minimum Gasteiger partial charge on any atom is -0.490 e. The highest BCUT2D eigenvalue weighted by molar-refractivity contribution is 7.17. The Balaban J connectivity index is 1.60. The van der Waals surface area contributed by atoms with Crippen LogP contribution in [0.3, 0.4) is 0 Å². The van der Waals surface area contributed by atoms with Crippen molar-refractivity contribution in [2.24, 2.45) is 5.92 Å². The van der Waals surface area contributed by atoms with E-state index in [4.69, 9.17) is 4.74 Å². The van der Waals surface area contributed by atoms with Crippen LogP contribution < -0.4 is 4.74 Å². The number of rotatable bonds is 8. The fourth-order valence-corrected chi connectivity index (χ4v) is 5.56. The van der Waals surface area contributed by atoms with Gasteiger partial charge in [-0.25, -0.2) is 0 Å². The van der Waals surface area contributed by atoms with Crippen molar-refractivity contribution >= 4 is 17.3 Å². The van der Waals surface area contributed by atoms with E-state index in [1.807, 2.05) is 12.1 Å². The Bertz CT molecular complexity index is 1250. The Hall–Kier alpha value is -2.98. The number of likely N-dealkylation sites (tertiary alicyclic amines) is 1. The number of halogens is 3. The molecule has 37 heavy (non-hydrogen) atoms. The van der Waals surface area contributed by atoms with Gasteiger partial charge in [-0.2, -0.15) is 13.2 Å². The zero-order chi connectivity index (χ0) is 26.7. The number of hydrogen-bond acceptors (Lipinski definition) is 6. The molecular formula is C27H30F3N3O3S. The third kappa shape index (κ3) is 6.30. The first-order chi connectivity index (χ1) is 17.6. The number of carboxylic acid groups (broad SMARTS) is 1. The second-order valence-corrected chi connectivity index (χ2v) is 10.5. The molecule has 1 aliphatic rings. The Kier molecular flexibility index (Phi) is 8.18. The molecule has 10 heteroatoms. The van der Waals surface area contributed by atoms with Gasteiger partial charge in [-0.05, 0) is 75.5 Å². The van der Waals surface area contributed by atoms with Crippen molar-refractivity contribution < 1.29 is 27.8 Å². The molecule has 2 aromatic carbocycles. The Labute approximate surface area is 218 Å². The summed E-state index contributed by atoms with van der Waals surface area (Å²) in [6, 6.07) is 9.97. The van der Waals surface area contributed by atoms with E-state index in [0.717, 1.165) is 42.3 Å². The smallest absolute Gasteiger partial charge is 0.419 e. The van der Waals surface area contributed by atoms with Crippen molar-refractivity contribution in [3.05, 3.63) is 53.1 Å². The maximum Gasteiger partial charge on any atom is 0.419 e. The third-order valence-corrected chi connectivity index (χ3v) is 7.51. The van der Waals surface area contributed by atoms with Gasteiger partial charge in [-0.3, -0.25) is 9.69 Å². The third-order valence-electron chi connectivity index (χ3n) is 6.51. The van der Waals surface area contributed by atoms with E-state index >= 15 is 0 Å². The van der Waals surface area contributed by atoms with E-state index in [-0.39, 0.29) is 17.8 Å². The second-order valence-electron chi connectivity index (χ2n) is 9.47. The van der Waals surface area contributed by atoms with Gasteiger partial charge in [0.25, 0.3) is 0 Å². The summed E-state index contributed by atoms with van der Waals surface area (Å²) in [4.78, 5) is 13.5. The summed E-state index contributed by atoms with van der Waals surface area (Å²) in [6.07, 6.45) is -2.92. The summed E-state index contributed by atoms with van der Waals surface area (Å²) in [5, 5.41) is 18.8. The van der Waals surface area contributed by atoms with Crippen molar-refractivity contribution in [1.29, 1.82) is 0 Å². The molecule has 1 aliphatic heterocycles. The van der Waals surface area contributed by atoms with Gasteiger partial charge in [-0.1, -0.05) is 36.5 Å². The summed E-state index contributed by atoms with van der Waals surface area (Å²) in [5.74, 6) is -1.21. The van der Waals surface area contributed by atoms with Gasteiger partial charge in [0.05, 0.1) is 17.6 Å². The number of carboxylic acids is 1. The molecule has 0 spiro atoms. The fourth-order valence-electron chi connectivity index (χ4n) is 4.67. The van der Waals surface area contributed by atoms with E-state index in [1.165, 1.54) is 17.4 Å². The van der Waals surface area contributed by atoms with Crippen LogP contribution in [0.25, 0.3) is 21.1 Å². The average molecular weight is 534 g/mol. The summed E-state index contributed by atoms with van der Waals surface area (Å²) in [6.45, 7) is 7.59. The zero-order valence-electron chi connectivity index (χ0n) is 21.0. The van der Waals surface area contributed by atoms with Crippen LogP contribution in [-0.2, 0) is 23.9 Å². The number of carbonyl (C=O) groups is 1. The summed E-state index contributed by atoms with van der Waals surface area (Å²) in [7, 11) is 0. The van der Waals surface area contributed by atoms with E-state index in [9.17, 15) is 23.1 Å². The lowest BCUT2D eigenvalue weighted by Gasteiger charge is -2.30. The van der Waals surface area contributed by atoms with Gasteiger partial charge in [0.2, 0.25) is 0 Å². The van der Waals surface area contributed by atoms with Crippen molar-refractivity contribution in [3.8, 4) is 26.9 Å². The van der Waals surface area contributed by atoms with Crippen LogP contribution in [-0.4, -0.2) is 45.4 Å². The topological polar surface area (TPSA) is 75.6 Å². The molecule has 1 N–H and O–H groups in total.